The van der Waals surface area contributed by atoms with Crippen molar-refractivity contribution in [3.63, 3.8) is 0 Å². The molecule has 0 spiro atoms. The first-order chi connectivity index (χ1) is 16.1. The van der Waals surface area contributed by atoms with E-state index in [2.05, 4.69) is 26.0 Å². The fourth-order valence-electron chi connectivity index (χ4n) is 3.09. The minimum absolute atomic E-state index is 0.0556. The Labute approximate surface area is 202 Å². The number of alkyl halides is 3. The molecule has 1 saturated heterocycles. The molecule has 1 aliphatic rings. The topological polar surface area (TPSA) is 89.8 Å². The third-order valence-corrected chi connectivity index (χ3v) is 5.61. The van der Waals surface area contributed by atoms with Crippen LogP contribution in [0.2, 0.25) is 0 Å². The number of nitriles is 1. The SMILES string of the molecule is CC(C#N)(COc1cccc(OC2CCCCO2)c1Br)NC(=O)c1ccc(OC(F)(F)F)cc1. The molecule has 0 saturated carbocycles. The molecule has 3 rings (SSSR count). The van der Waals surface area contributed by atoms with Crippen LogP contribution in [-0.2, 0) is 4.74 Å². The fraction of sp³-hybridized carbons (Fsp3) is 0.391. The van der Waals surface area contributed by atoms with Crippen LogP contribution in [0.3, 0.4) is 0 Å². The van der Waals surface area contributed by atoms with Crippen molar-refractivity contribution in [1.82, 2.24) is 5.32 Å². The molecule has 34 heavy (non-hydrogen) atoms. The Balaban J connectivity index is 1.62. The van der Waals surface area contributed by atoms with E-state index < -0.39 is 23.6 Å². The maximum absolute atomic E-state index is 12.5. The minimum atomic E-state index is -4.83. The molecule has 182 valence electrons. The zero-order valence-corrected chi connectivity index (χ0v) is 19.7. The molecule has 2 unspecified atom stereocenters. The van der Waals surface area contributed by atoms with Gasteiger partial charge in [-0.05, 0) is 72.1 Å². The highest BCUT2D eigenvalue weighted by molar-refractivity contribution is 9.10. The summed E-state index contributed by atoms with van der Waals surface area (Å²) < 4.78 is 58.5. The maximum atomic E-state index is 12.5. The molecule has 0 aromatic heterocycles. The Hall–Kier alpha value is -2.97. The second-order valence-corrected chi connectivity index (χ2v) is 8.53. The number of ether oxygens (including phenoxy) is 4. The van der Waals surface area contributed by atoms with E-state index in [1.54, 1.807) is 18.2 Å². The minimum Gasteiger partial charge on any atom is -0.489 e. The summed E-state index contributed by atoms with van der Waals surface area (Å²) in [6.07, 6.45) is -2.40. The van der Waals surface area contributed by atoms with Crippen LogP contribution in [-0.4, -0.2) is 37.3 Å². The van der Waals surface area contributed by atoms with E-state index in [0.717, 1.165) is 31.4 Å². The van der Waals surface area contributed by atoms with Crippen LogP contribution in [0.5, 0.6) is 17.2 Å². The van der Waals surface area contributed by atoms with Gasteiger partial charge in [0.1, 0.15) is 28.3 Å². The third kappa shape index (κ3) is 7.27. The predicted octanol–water partition coefficient (Wildman–Crippen LogP) is 5.34. The Bertz CT molecular complexity index is 1040. The second kappa shape index (κ2) is 11.0. The first-order valence-corrected chi connectivity index (χ1v) is 11.2. The number of carbonyl (C=O) groups is 1. The molecule has 7 nitrogen and oxygen atoms in total. The van der Waals surface area contributed by atoms with Crippen molar-refractivity contribution in [2.75, 3.05) is 13.2 Å². The summed E-state index contributed by atoms with van der Waals surface area (Å²) >= 11 is 3.45. The molecule has 2 aromatic carbocycles. The number of benzene rings is 2. The second-order valence-electron chi connectivity index (χ2n) is 7.74. The molecule has 0 aliphatic carbocycles. The lowest BCUT2D eigenvalue weighted by molar-refractivity contribution is -0.274. The molecule has 2 atom stereocenters. The summed E-state index contributed by atoms with van der Waals surface area (Å²) in [5.41, 5.74) is -1.37. The molecular formula is C23H22BrF3N2O5. The Morgan fingerprint density at radius 1 is 1.21 bits per heavy atom. The molecule has 1 aliphatic heterocycles. The van der Waals surface area contributed by atoms with Gasteiger partial charge in [0.05, 0.1) is 12.7 Å². The number of hydrogen-bond donors (Lipinski definition) is 1. The van der Waals surface area contributed by atoms with E-state index in [4.69, 9.17) is 14.2 Å². The molecule has 1 heterocycles. The highest BCUT2D eigenvalue weighted by atomic mass is 79.9. The third-order valence-electron chi connectivity index (χ3n) is 4.83. The monoisotopic (exact) mass is 542 g/mol. The van der Waals surface area contributed by atoms with Gasteiger partial charge < -0.3 is 24.3 Å². The summed E-state index contributed by atoms with van der Waals surface area (Å²) in [7, 11) is 0. The van der Waals surface area contributed by atoms with Crippen LogP contribution in [0.1, 0.15) is 36.5 Å². The summed E-state index contributed by atoms with van der Waals surface area (Å²) in [4.78, 5) is 12.5. The Morgan fingerprint density at radius 2 is 1.91 bits per heavy atom. The van der Waals surface area contributed by atoms with Gasteiger partial charge in [-0.1, -0.05) is 6.07 Å². The lowest BCUT2D eigenvalue weighted by Crippen LogP contribution is -2.49. The Kier molecular flexibility index (Phi) is 8.28. The van der Waals surface area contributed by atoms with Crippen LogP contribution in [0, 0.1) is 11.3 Å². The molecule has 1 amide bonds. The quantitative estimate of drug-likeness (QED) is 0.484. The van der Waals surface area contributed by atoms with Gasteiger partial charge in [0, 0.05) is 12.0 Å². The van der Waals surface area contributed by atoms with Gasteiger partial charge in [0.15, 0.2) is 11.8 Å². The highest BCUT2D eigenvalue weighted by Gasteiger charge is 2.32. The lowest BCUT2D eigenvalue weighted by atomic mass is 10.1. The van der Waals surface area contributed by atoms with Crippen LogP contribution in [0.15, 0.2) is 46.9 Å². The van der Waals surface area contributed by atoms with Gasteiger partial charge in [-0.3, -0.25) is 4.79 Å². The van der Waals surface area contributed by atoms with Crippen molar-refractivity contribution >= 4 is 21.8 Å². The van der Waals surface area contributed by atoms with Gasteiger partial charge in [-0.2, -0.15) is 5.26 Å². The zero-order chi connectivity index (χ0) is 24.8. The lowest BCUT2D eigenvalue weighted by Gasteiger charge is -2.26. The van der Waals surface area contributed by atoms with E-state index in [1.165, 1.54) is 19.1 Å². The molecular weight excluding hydrogens is 521 g/mol. The average Bonchev–Trinajstić information content (AvgIpc) is 2.80. The zero-order valence-electron chi connectivity index (χ0n) is 18.2. The maximum Gasteiger partial charge on any atom is 0.573 e. The molecule has 1 N–H and O–H groups in total. The molecule has 2 aromatic rings. The number of rotatable bonds is 8. The molecule has 1 fully saturated rings. The average molecular weight is 543 g/mol. The number of halogens is 4. The largest absolute Gasteiger partial charge is 0.573 e. The van der Waals surface area contributed by atoms with Crippen LogP contribution >= 0.6 is 15.9 Å². The van der Waals surface area contributed by atoms with Crippen molar-refractivity contribution in [1.29, 1.82) is 5.26 Å². The van der Waals surface area contributed by atoms with Gasteiger partial charge in [-0.25, -0.2) is 0 Å². The van der Waals surface area contributed by atoms with Crippen LogP contribution < -0.4 is 19.5 Å². The van der Waals surface area contributed by atoms with E-state index >= 15 is 0 Å². The van der Waals surface area contributed by atoms with E-state index in [-0.39, 0.29) is 18.5 Å². The number of hydrogen-bond acceptors (Lipinski definition) is 6. The summed E-state index contributed by atoms with van der Waals surface area (Å²) in [6.45, 7) is 1.90. The number of carbonyl (C=O) groups excluding carboxylic acids is 1. The van der Waals surface area contributed by atoms with Gasteiger partial charge in [0.25, 0.3) is 5.91 Å². The summed E-state index contributed by atoms with van der Waals surface area (Å²) in [5.74, 6) is -0.191. The van der Waals surface area contributed by atoms with Gasteiger partial charge in [-0.15, -0.1) is 13.2 Å². The van der Waals surface area contributed by atoms with Crippen molar-refractivity contribution in [2.45, 2.75) is 44.4 Å². The first kappa shape index (κ1) is 25.6. The van der Waals surface area contributed by atoms with Crippen molar-refractivity contribution in [2.24, 2.45) is 0 Å². The smallest absolute Gasteiger partial charge is 0.489 e. The van der Waals surface area contributed by atoms with E-state index in [0.29, 0.717) is 22.6 Å². The van der Waals surface area contributed by atoms with Crippen molar-refractivity contribution in [3.8, 4) is 23.3 Å². The fourth-order valence-corrected chi connectivity index (χ4v) is 3.56. The van der Waals surface area contributed by atoms with E-state index in [9.17, 15) is 23.2 Å². The number of nitrogens with one attached hydrogen (secondary N) is 1. The van der Waals surface area contributed by atoms with Crippen molar-refractivity contribution < 1.29 is 36.9 Å². The standard InChI is InChI=1S/C23H22BrF3N2O5/c1-22(13-28,29-21(30)15-8-10-16(11-9-15)34-23(25,26)27)14-32-17-5-4-6-18(20(17)24)33-19-7-2-3-12-31-19/h4-6,8-11,19H,2-3,7,12,14H2,1H3,(H,29,30). The molecule has 0 radical (unpaired) electrons. The van der Waals surface area contributed by atoms with Crippen LogP contribution in [0.25, 0.3) is 0 Å². The predicted molar refractivity (Wildman–Crippen MR) is 118 cm³/mol. The van der Waals surface area contributed by atoms with Crippen molar-refractivity contribution in [3.05, 3.63) is 52.5 Å². The number of amides is 1. The first-order valence-electron chi connectivity index (χ1n) is 10.4. The molecule has 0 bridgehead atoms. The summed E-state index contributed by atoms with van der Waals surface area (Å²) in [6, 6.07) is 11.5. The van der Waals surface area contributed by atoms with E-state index in [1.807, 2.05) is 6.07 Å². The number of nitrogens with zero attached hydrogens (tertiary/aromatic N) is 1. The highest BCUT2D eigenvalue weighted by Crippen LogP contribution is 2.36. The van der Waals surface area contributed by atoms with Gasteiger partial charge >= 0.3 is 6.36 Å². The normalized spacial score (nSPS) is 17.7. The van der Waals surface area contributed by atoms with Crippen LogP contribution in [0.4, 0.5) is 13.2 Å². The Morgan fingerprint density at radius 3 is 2.53 bits per heavy atom. The molecule has 11 heteroatoms. The van der Waals surface area contributed by atoms with Gasteiger partial charge in [0.2, 0.25) is 0 Å². The summed E-state index contributed by atoms with van der Waals surface area (Å²) in [5, 5.41) is 12.2.